The number of amidine groups is 1. The highest BCUT2D eigenvalue weighted by molar-refractivity contribution is 8.15. The lowest BCUT2D eigenvalue weighted by Crippen LogP contribution is -2.24. The van der Waals surface area contributed by atoms with E-state index in [2.05, 4.69) is 10.3 Å². The SMILES string of the molecule is CC[C@@H]1SC(=Nc2ccc(F)cc2)NC1=O. The summed E-state index contributed by atoms with van der Waals surface area (Å²) in [6.45, 7) is 1.96. The molecule has 1 heterocycles. The number of carbonyl (C=O) groups is 1. The van der Waals surface area contributed by atoms with Gasteiger partial charge in [-0.15, -0.1) is 0 Å². The molecule has 0 radical (unpaired) electrons. The summed E-state index contributed by atoms with van der Waals surface area (Å²) in [7, 11) is 0. The Morgan fingerprint density at radius 2 is 2.12 bits per heavy atom. The first-order valence-electron chi connectivity index (χ1n) is 5.01. The van der Waals surface area contributed by atoms with E-state index in [1.807, 2.05) is 6.92 Å². The van der Waals surface area contributed by atoms with Gasteiger partial charge in [0.2, 0.25) is 5.91 Å². The second-order valence-corrected chi connectivity index (χ2v) is 4.59. The van der Waals surface area contributed by atoms with Crippen molar-refractivity contribution < 1.29 is 9.18 Å². The lowest BCUT2D eigenvalue weighted by Gasteiger charge is -1.97. The van der Waals surface area contributed by atoms with Crippen molar-refractivity contribution in [3.8, 4) is 0 Å². The number of thioether (sulfide) groups is 1. The van der Waals surface area contributed by atoms with Crippen LogP contribution in [0.25, 0.3) is 0 Å². The molecule has 0 spiro atoms. The van der Waals surface area contributed by atoms with E-state index in [9.17, 15) is 9.18 Å². The summed E-state index contributed by atoms with van der Waals surface area (Å²) in [4.78, 5) is 15.6. The molecule has 1 aromatic carbocycles. The second-order valence-electron chi connectivity index (χ2n) is 3.40. The van der Waals surface area contributed by atoms with Gasteiger partial charge in [0.25, 0.3) is 0 Å². The zero-order valence-electron chi connectivity index (χ0n) is 8.74. The number of benzene rings is 1. The van der Waals surface area contributed by atoms with Crippen LogP contribution in [0.1, 0.15) is 13.3 Å². The highest BCUT2D eigenvalue weighted by atomic mass is 32.2. The monoisotopic (exact) mass is 238 g/mol. The minimum absolute atomic E-state index is 0.00615. The molecule has 2 rings (SSSR count). The van der Waals surface area contributed by atoms with E-state index in [0.29, 0.717) is 10.9 Å². The van der Waals surface area contributed by atoms with Crippen LogP contribution in [0.3, 0.4) is 0 Å². The van der Waals surface area contributed by atoms with Crippen LogP contribution in [-0.4, -0.2) is 16.3 Å². The van der Waals surface area contributed by atoms with Gasteiger partial charge in [0, 0.05) is 0 Å². The lowest BCUT2D eigenvalue weighted by molar-refractivity contribution is -0.118. The molecule has 0 aliphatic carbocycles. The molecule has 1 amide bonds. The van der Waals surface area contributed by atoms with E-state index in [0.717, 1.165) is 6.42 Å². The largest absolute Gasteiger partial charge is 0.304 e. The Hall–Kier alpha value is -1.36. The van der Waals surface area contributed by atoms with E-state index in [4.69, 9.17) is 0 Å². The van der Waals surface area contributed by atoms with E-state index in [1.54, 1.807) is 12.1 Å². The smallest absolute Gasteiger partial charge is 0.239 e. The van der Waals surface area contributed by atoms with E-state index < -0.39 is 0 Å². The molecule has 0 saturated carbocycles. The van der Waals surface area contributed by atoms with Gasteiger partial charge in [-0.3, -0.25) is 4.79 Å². The number of nitrogens with one attached hydrogen (secondary N) is 1. The average molecular weight is 238 g/mol. The number of hydrogen-bond acceptors (Lipinski definition) is 3. The van der Waals surface area contributed by atoms with Crippen LogP contribution in [0.2, 0.25) is 0 Å². The van der Waals surface area contributed by atoms with Crippen molar-refractivity contribution in [1.29, 1.82) is 0 Å². The topological polar surface area (TPSA) is 41.5 Å². The third kappa shape index (κ3) is 2.41. The summed E-state index contributed by atoms with van der Waals surface area (Å²) in [5.41, 5.74) is 0.640. The molecule has 1 N–H and O–H groups in total. The third-order valence-corrected chi connectivity index (χ3v) is 3.45. The molecule has 84 valence electrons. The highest BCUT2D eigenvalue weighted by Crippen LogP contribution is 2.24. The van der Waals surface area contributed by atoms with Crippen LogP contribution in [-0.2, 0) is 4.79 Å². The highest BCUT2D eigenvalue weighted by Gasteiger charge is 2.28. The molecule has 1 aliphatic heterocycles. The predicted octanol–water partition coefficient (Wildman–Crippen LogP) is 2.45. The van der Waals surface area contributed by atoms with E-state index in [-0.39, 0.29) is 17.0 Å². The molecule has 0 aromatic heterocycles. The maximum atomic E-state index is 12.7. The van der Waals surface area contributed by atoms with Gasteiger partial charge in [0.1, 0.15) is 5.82 Å². The van der Waals surface area contributed by atoms with Crippen molar-refractivity contribution in [2.45, 2.75) is 18.6 Å². The number of amides is 1. The van der Waals surface area contributed by atoms with Crippen LogP contribution < -0.4 is 5.32 Å². The van der Waals surface area contributed by atoms with Crippen LogP contribution in [0.15, 0.2) is 29.3 Å². The summed E-state index contributed by atoms with van der Waals surface area (Å²) in [5.74, 6) is -0.299. The van der Waals surface area contributed by atoms with Crippen molar-refractivity contribution >= 4 is 28.5 Å². The summed E-state index contributed by atoms with van der Waals surface area (Å²) >= 11 is 1.41. The molecule has 1 aliphatic rings. The normalized spacial score (nSPS) is 22.5. The summed E-state index contributed by atoms with van der Waals surface area (Å²) in [6, 6.07) is 5.85. The number of rotatable bonds is 2. The molecular weight excluding hydrogens is 227 g/mol. The third-order valence-electron chi connectivity index (χ3n) is 2.20. The molecule has 0 unspecified atom stereocenters. The Bertz CT molecular complexity index is 430. The zero-order valence-corrected chi connectivity index (χ0v) is 9.55. The molecule has 5 heteroatoms. The van der Waals surface area contributed by atoms with Crippen LogP contribution in [0, 0.1) is 5.82 Å². The molecule has 3 nitrogen and oxygen atoms in total. The molecule has 1 atom stereocenters. The molecule has 16 heavy (non-hydrogen) atoms. The molecule has 1 saturated heterocycles. The Labute approximate surface area is 97.1 Å². The van der Waals surface area contributed by atoms with Gasteiger partial charge in [-0.25, -0.2) is 9.38 Å². The average Bonchev–Trinajstić information content (AvgIpc) is 2.62. The van der Waals surface area contributed by atoms with Gasteiger partial charge in [-0.2, -0.15) is 0 Å². The first-order chi connectivity index (χ1) is 7.69. The molecule has 1 aromatic rings. The van der Waals surface area contributed by atoms with Gasteiger partial charge < -0.3 is 5.32 Å². The zero-order chi connectivity index (χ0) is 11.5. The fourth-order valence-electron chi connectivity index (χ4n) is 1.36. The quantitative estimate of drug-likeness (QED) is 0.859. The number of nitrogens with zero attached hydrogens (tertiary/aromatic N) is 1. The maximum absolute atomic E-state index is 12.7. The number of aliphatic imine (C=N–C) groups is 1. The minimum Gasteiger partial charge on any atom is -0.304 e. The second kappa shape index (κ2) is 4.65. The number of hydrogen-bond donors (Lipinski definition) is 1. The maximum Gasteiger partial charge on any atom is 0.239 e. The van der Waals surface area contributed by atoms with Gasteiger partial charge >= 0.3 is 0 Å². The fourth-order valence-corrected chi connectivity index (χ4v) is 2.28. The van der Waals surface area contributed by atoms with Crippen LogP contribution in [0.4, 0.5) is 10.1 Å². The Balaban J connectivity index is 2.14. The fraction of sp³-hybridized carbons (Fsp3) is 0.273. The number of carbonyl (C=O) groups excluding carboxylic acids is 1. The van der Waals surface area contributed by atoms with Gasteiger partial charge in [0.15, 0.2) is 5.17 Å². The predicted molar refractivity (Wildman–Crippen MR) is 63.3 cm³/mol. The Kier molecular flexibility index (Phi) is 3.24. The summed E-state index contributed by atoms with van der Waals surface area (Å²) in [6.07, 6.45) is 0.777. The van der Waals surface area contributed by atoms with Gasteiger partial charge in [-0.1, -0.05) is 18.7 Å². The molecule has 0 bridgehead atoms. The van der Waals surface area contributed by atoms with E-state index in [1.165, 1.54) is 23.9 Å². The number of halogens is 1. The van der Waals surface area contributed by atoms with Gasteiger partial charge in [0.05, 0.1) is 10.9 Å². The van der Waals surface area contributed by atoms with Crippen molar-refractivity contribution in [2.24, 2.45) is 4.99 Å². The van der Waals surface area contributed by atoms with Crippen molar-refractivity contribution in [3.05, 3.63) is 30.1 Å². The molecule has 1 fully saturated rings. The van der Waals surface area contributed by atoms with Crippen molar-refractivity contribution in [1.82, 2.24) is 5.32 Å². The summed E-state index contributed by atoms with van der Waals surface area (Å²) < 4.78 is 12.7. The van der Waals surface area contributed by atoms with E-state index >= 15 is 0 Å². The first-order valence-corrected chi connectivity index (χ1v) is 5.89. The molecular formula is C11H11FN2OS. The lowest BCUT2D eigenvalue weighted by atomic mass is 10.3. The standard InChI is InChI=1S/C11H11FN2OS/c1-2-9-10(15)14-11(16-9)13-8-5-3-7(12)4-6-8/h3-6,9H,2H2,1H3,(H,13,14,15)/t9-/m0/s1. The minimum atomic E-state index is -0.293. The van der Waals surface area contributed by atoms with Crippen molar-refractivity contribution in [3.63, 3.8) is 0 Å². The van der Waals surface area contributed by atoms with Gasteiger partial charge in [-0.05, 0) is 30.7 Å². The van der Waals surface area contributed by atoms with Crippen LogP contribution in [0.5, 0.6) is 0 Å². The Morgan fingerprint density at radius 3 is 2.69 bits per heavy atom. The van der Waals surface area contributed by atoms with Crippen molar-refractivity contribution in [2.75, 3.05) is 0 Å². The van der Waals surface area contributed by atoms with Crippen LogP contribution >= 0.6 is 11.8 Å². The summed E-state index contributed by atoms with van der Waals surface area (Å²) in [5, 5.41) is 3.23. The first kappa shape index (κ1) is 11.1. The Morgan fingerprint density at radius 1 is 1.44 bits per heavy atom.